The van der Waals surface area contributed by atoms with Crippen molar-refractivity contribution in [1.29, 1.82) is 0 Å². The van der Waals surface area contributed by atoms with Crippen molar-refractivity contribution >= 4 is 11.3 Å². The van der Waals surface area contributed by atoms with Crippen LogP contribution >= 0.6 is 11.3 Å². The lowest BCUT2D eigenvalue weighted by molar-refractivity contribution is 0.617. The molecule has 3 rings (SSSR count). The first-order valence-electron chi connectivity index (χ1n) is 6.71. The molecule has 0 aliphatic heterocycles. The zero-order valence-electron chi connectivity index (χ0n) is 10.7. The van der Waals surface area contributed by atoms with E-state index in [-0.39, 0.29) is 0 Å². The average Bonchev–Trinajstić information content (AvgIpc) is 3.15. The van der Waals surface area contributed by atoms with Crippen LogP contribution in [0.15, 0.2) is 0 Å². The van der Waals surface area contributed by atoms with Gasteiger partial charge in [0.05, 0.1) is 0 Å². The summed E-state index contributed by atoms with van der Waals surface area (Å²) in [4.78, 5) is 0. The van der Waals surface area contributed by atoms with Gasteiger partial charge in [-0.25, -0.2) is 0 Å². The van der Waals surface area contributed by atoms with E-state index in [0.717, 1.165) is 19.0 Å². The van der Waals surface area contributed by atoms with Crippen LogP contribution in [0.3, 0.4) is 0 Å². The van der Waals surface area contributed by atoms with Gasteiger partial charge in [0.25, 0.3) is 0 Å². The maximum atomic E-state index is 4.35. The molecule has 2 fully saturated rings. The first kappa shape index (κ1) is 11.6. The maximum Gasteiger partial charge on any atom is 0.121 e. The van der Waals surface area contributed by atoms with Gasteiger partial charge in [-0.1, -0.05) is 13.8 Å². The highest BCUT2D eigenvalue weighted by atomic mass is 32.1. The van der Waals surface area contributed by atoms with Gasteiger partial charge in [0.1, 0.15) is 10.0 Å². The van der Waals surface area contributed by atoms with Gasteiger partial charge in [0, 0.05) is 18.4 Å². The summed E-state index contributed by atoms with van der Waals surface area (Å²) in [6, 6.07) is 0.826. The van der Waals surface area contributed by atoms with Gasteiger partial charge in [0.15, 0.2) is 0 Å². The highest BCUT2D eigenvalue weighted by Gasteiger charge is 2.48. The van der Waals surface area contributed by atoms with E-state index in [2.05, 4.69) is 29.4 Å². The molecule has 1 atom stereocenters. The summed E-state index contributed by atoms with van der Waals surface area (Å²) in [5, 5.41) is 14.7. The van der Waals surface area contributed by atoms with Crippen molar-refractivity contribution in [1.82, 2.24) is 15.5 Å². The molecule has 1 unspecified atom stereocenters. The second-order valence-corrected chi connectivity index (χ2v) is 7.20. The maximum absolute atomic E-state index is 4.35. The van der Waals surface area contributed by atoms with Crippen LogP contribution in [0.4, 0.5) is 0 Å². The SMILES string of the molecule is CC1(C)CC1c1nnc(CCCNC2CC2)s1. The molecular formula is C13H21N3S. The van der Waals surface area contributed by atoms with E-state index >= 15 is 0 Å². The van der Waals surface area contributed by atoms with Gasteiger partial charge in [-0.15, -0.1) is 21.5 Å². The Kier molecular flexibility index (Phi) is 2.95. The molecule has 1 aromatic rings. The molecule has 0 aromatic carbocycles. The Balaban J connectivity index is 1.44. The molecule has 2 saturated carbocycles. The minimum atomic E-state index is 0.477. The summed E-state index contributed by atoms with van der Waals surface area (Å²) in [6.07, 6.45) is 6.31. The lowest BCUT2D eigenvalue weighted by Crippen LogP contribution is -2.17. The van der Waals surface area contributed by atoms with Crippen LogP contribution in [0.2, 0.25) is 0 Å². The Bertz CT molecular complexity index is 395. The molecule has 0 radical (unpaired) electrons. The van der Waals surface area contributed by atoms with Crippen molar-refractivity contribution in [3.63, 3.8) is 0 Å². The number of hydrogen-bond acceptors (Lipinski definition) is 4. The summed E-state index contributed by atoms with van der Waals surface area (Å²) in [6.45, 7) is 5.77. The lowest BCUT2D eigenvalue weighted by atomic mass is 10.1. The van der Waals surface area contributed by atoms with Gasteiger partial charge in [0.2, 0.25) is 0 Å². The van der Waals surface area contributed by atoms with Crippen molar-refractivity contribution in [3.05, 3.63) is 10.0 Å². The molecule has 94 valence electrons. The zero-order valence-corrected chi connectivity index (χ0v) is 11.5. The zero-order chi connectivity index (χ0) is 11.9. The smallest absolute Gasteiger partial charge is 0.121 e. The number of nitrogens with one attached hydrogen (secondary N) is 1. The molecule has 1 N–H and O–H groups in total. The van der Waals surface area contributed by atoms with Crippen molar-refractivity contribution in [2.75, 3.05) is 6.54 Å². The Morgan fingerprint density at radius 3 is 2.76 bits per heavy atom. The fourth-order valence-corrected chi connectivity index (χ4v) is 3.43. The molecule has 0 saturated heterocycles. The Morgan fingerprint density at radius 1 is 1.35 bits per heavy atom. The van der Waals surface area contributed by atoms with Crippen LogP contribution in [-0.4, -0.2) is 22.8 Å². The molecule has 3 nitrogen and oxygen atoms in total. The Labute approximate surface area is 107 Å². The van der Waals surface area contributed by atoms with Crippen molar-refractivity contribution < 1.29 is 0 Å². The molecule has 4 heteroatoms. The highest BCUT2D eigenvalue weighted by molar-refractivity contribution is 7.11. The van der Waals surface area contributed by atoms with Crippen LogP contribution in [0, 0.1) is 5.41 Å². The van der Waals surface area contributed by atoms with Crippen LogP contribution in [0.25, 0.3) is 0 Å². The molecule has 1 heterocycles. The highest BCUT2D eigenvalue weighted by Crippen LogP contribution is 2.58. The monoisotopic (exact) mass is 251 g/mol. The lowest BCUT2D eigenvalue weighted by Gasteiger charge is -1.99. The summed E-state index contributed by atoms with van der Waals surface area (Å²) >= 11 is 1.83. The minimum absolute atomic E-state index is 0.477. The topological polar surface area (TPSA) is 37.8 Å². The van der Waals surface area contributed by atoms with Gasteiger partial charge in [-0.3, -0.25) is 0 Å². The van der Waals surface area contributed by atoms with E-state index < -0.39 is 0 Å². The predicted molar refractivity (Wildman–Crippen MR) is 70.4 cm³/mol. The van der Waals surface area contributed by atoms with Gasteiger partial charge < -0.3 is 5.32 Å². The van der Waals surface area contributed by atoms with E-state index in [0.29, 0.717) is 11.3 Å². The van der Waals surface area contributed by atoms with E-state index in [1.807, 2.05) is 11.3 Å². The summed E-state index contributed by atoms with van der Waals surface area (Å²) in [5.41, 5.74) is 0.477. The van der Waals surface area contributed by atoms with E-state index in [1.54, 1.807) is 0 Å². The summed E-state index contributed by atoms with van der Waals surface area (Å²) in [5.74, 6) is 0.679. The van der Waals surface area contributed by atoms with Crippen molar-refractivity contribution in [2.24, 2.45) is 5.41 Å². The third kappa shape index (κ3) is 2.86. The van der Waals surface area contributed by atoms with Gasteiger partial charge >= 0.3 is 0 Å². The molecule has 0 spiro atoms. The number of hydrogen-bond donors (Lipinski definition) is 1. The second kappa shape index (κ2) is 4.32. The third-order valence-corrected chi connectivity index (χ3v) is 4.97. The molecule has 17 heavy (non-hydrogen) atoms. The second-order valence-electron chi connectivity index (χ2n) is 6.11. The Morgan fingerprint density at radius 2 is 2.12 bits per heavy atom. The van der Waals surface area contributed by atoms with Gasteiger partial charge in [-0.2, -0.15) is 0 Å². The van der Waals surface area contributed by atoms with Crippen molar-refractivity contribution in [3.8, 4) is 0 Å². The number of aromatic nitrogens is 2. The Hall–Kier alpha value is -0.480. The third-order valence-electron chi connectivity index (χ3n) is 3.87. The number of rotatable bonds is 6. The molecule has 1 aromatic heterocycles. The quantitative estimate of drug-likeness (QED) is 0.790. The minimum Gasteiger partial charge on any atom is -0.314 e. The van der Waals surface area contributed by atoms with E-state index in [1.165, 1.54) is 35.7 Å². The first-order valence-corrected chi connectivity index (χ1v) is 7.52. The van der Waals surface area contributed by atoms with Gasteiger partial charge in [-0.05, 0) is 37.6 Å². The molecule has 2 aliphatic rings. The molecule has 2 aliphatic carbocycles. The first-order chi connectivity index (χ1) is 8.15. The van der Waals surface area contributed by atoms with Crippen LogP contribution in [-0.2, 0) is 6.42 Å². The number of nitrogens with zero attached hydrogens (tertiary/aromatic N) is 2. The van der Waals surface area contributed by atoms with Crippen LogP contribution < -0.4 is 5.32 Å². The largest absolute Gasteiger partial charge is 0.314 e. The van der Waals surface area contributed by atoms with Crippen LogP contribution in [0.1, 0.15) is 55.5 Å². The fourth-order valence-electron chi connectivity index (χ4n) is 2.23. The predicted octanol–water partition coefficient (Wildman–Crippen LogP) is 2.74. The number of aryl methyl sites for hydroxylation is 1. The summed E-state index contributed by atoms with van der Waals surface area (Å²) in [7, 11) is 0. The van der Waals surface area contributed by atoms with E-state index in [4.69, 9.17) is 0 Å². The normalized spacial score (nSPS) is 26.1. The molecule has 0 bridgehead atoms. The average molecular weight is 251 g/mol. The van der Waals surface area contributed by atoms with Crippen LogP contribution in [0.5, 0.6) is 0 Å². The standard InChI is InChI=1S/C13H21N3S/c1-13(2)8-10(13)12-16-15-11(17-12)4-3-7-14-9-5-6-9/h9-10,14H,3-8H2,1-2H3. The van der Waals surface area contributed by atoms with Crippen molar-refractivity contribution in [2.45, 2.75) is 57.9 Å². The molecule has 0 amide bonds. The molecular weight excluding hydrogens is 230 g/mol. The fraction of sp³-hybridized carbons (Fsp3) is 0.846. The van der Waals surface area contributed by atoms with E-state index in [9.17, 15) is 0 Å². The summed E-state index contributed by atoms with van der Waals surface area (Å²) < 4.78 is 0.